The number of nitrogens with zero attached hydrogens (tertiary/aromatic N) is 2. The zero-order chi connectivity index (χ0) is 19.2. The van der Waals surface area contributed by atoms with Crippen LogP contribution >= 0.6 is 0 Å². The van der Waals surface area contributed by atoms with Crippen LogP contribution in [0.4, 0.5) is 4.39 Å². The molecule has 0 aliphatic carbocycles. The Kier molecular flexibility index (Phi) is 6.06. The molecule has 0 spiro atoms. The molecule has 0 bridgehead atoms. The average Bonchev–Trinajstić information content (AvgIpc) is 2.94. The lowest BCUT2D eigenvalue weighted by atomic mass is 10.1. The Morgan fingerprint density at radius 2 is 1.56 bits per heavy atom. The lowest BCUT2D eigenvalue weighted by Crippen LogP contribution is -2.39. The molecule has 2 aromatic carbocycles. The van der Waals surface area contributed by atoms with Crippen LogP contribution in [0.15, 0.2) is 48.5 Å². The molecule has 1 saturated heterocycles. The molecule has 1 aliphatic rings. The van der Waals surface area contributed by atoms with Crippen LogP contribution < -0.4 is 4.74 Å². The van der Waals surface area contributed by atoms with Crippen molar-refractivity contribution in [1.29, 1.82) is 0 Å². The normalized spacial score (nSPS) is 14.6. The van der Waals surface area contributed by atoms with Crippen molar-refractivity contribution in [1.82, 2.24) is 9.80 Å². The molecular formula is C21H23FN2O3. The largest absolute Gasteiger partial charge is 0.484 e. The molecule has 2 amide bonds. The van der Waals surface area contributed by atoms with Gasteiger partial charge in [0.1, 0.15) is 11.6 Å². The van der Waals surface area contributed by atoms with Crippen molar-refractivity contribution in [3.63, 3.8) is 0 Å². The number of aryl methyl sites for hydroxylation is 1. The maximum absolute atomic E-state index is 12.9. The number of carbonyl (C=O) groups excluding carboxylic acids is 2. The Morgan fingerprint density at radius 1 is 0.926 bits per heavy atom. The molecular weight excluding hydrogens is 347 g/mol. The quantitative estimate of drug-likeness (QED) is 0.832. The van der Waals surface area contributed by atoms with Gasteiger partial charge < -0.3 is 14.5 Å². The standard InChI is InChI=1S/C21H23FN2O3/c1-16-3-5-17(6-4-16)21(26)24-12-2-11-23(13-14-24)20(25)15-27-19-9-7-18(22)8-10-19/h3-10H,2,11-15H2,1H3. The van der Waals surface area contributed by atoms with Crippen LogP contribution in [0.2, 0.25) is 0 Å². The van der Waals surface area contributed by atoms with Gasteiger partial charge in [-0.15, -0.1) is 0 Å². The molecule has 5 nitrogen and oxygen atoms in total. The fraction of sp³-hybridized carbons (Fsp3) is 0.333. The summed E-state index contributed by atoms with van der Waals surface area (Å²) < 4.78 is 18.3. The summed E-state index contributed by atoms with van der Waals surface area (Å²) in [5.74, 6) is -0.0360. The average molecular weight is 370 g/mol. The van der Waals surface area contributed by atoms with E-state index in [1.165, 1.54) is 24.3 Å². The second-order valence-electron chi connectivity index (χ2n) is 6.64. The SMILES string of the molecule is Cc1ccc(C(=O)N2CCCN(C(=O)COc3ccc(F)cc3)CC2)cc1. The van der Waals surface area contributed by atoms with Gasteiger partial charge in [-0.3, -0.25) is 9.59 Å². The van der Waals surface area contributed by atoms with E-state index in [0.29, 0.717) is 37.5 Å². The first kappa shape index (κ1) is 18.9. The monoisotopic (exact) mass is 370 g/mol. The van der Waals surface area contributed by atoms with Crippen LogP contribution in [0, 0.1) is 12.7 Å². The second-order valence-corrected chi connectivity index (χ2v) is 6.64. The summed E-state index contributed by atoms with van der Waals surface area (Å²) in [6.07, 6.45) is 0.722. The zero-order valence-electron chi connectivity index (χ0n) is 15.4. The number of halogens is 1. The van der Waals surface area contributed by atoms with Crippen molar-refractivity contribution < 1.29 is 18.7 Å². The van der Waals surface area contributed by atoms with Gasteiger partial charge in [0, 0.05) is 31.7 Å². The van der Waals surface area contributed by atoms with Crippen LogP contribution in [-0.4, -0.2) is 54.4 Å². The van der Waals surface area contributed by atoms with Gasteiger partial charge in [0.05, 0.1) is 0 Å². The Morgan fingerprint density at radius 3 is 2.26 bits per heavy atom. The topological polar surface area (TPSA) is 49.9 Å². The van der Waals surface area contributed by atoms with Gasteiger partial charge in [-0.05, 0) is 49.7 Å². The number of hydrogen-bond acceptors (Lipinski definition) is 3. The summed E-state index contributed by atoms with van der Waals surface area (Å²) in [6, 6.07) is 13.1. The molecule has 2 aromatic rings. The van der Waals surface area contributed by atoms with Crippen molar-refractivity contribution in [2.45, 2.75) is 13.3 Å². The minimum absolute atomic E-state index is 0.00754. The van der Waals surface area contributed by atoms with E-state index in [0.717, 1.165) is 12.0 Å². The summed E-state index contributed by atoms with van der Waals surface area (Å²) in [5.41, 5.74) is 1.78. The van der Waals surface area contributed by atoms with E-state index < -0.39 is 0 Å². The Labute approximate surface area is 158 Å². The van der Waals surface area contributed by atoms with Gasteiger partial charge >= 0.3 is 0 Å². The van der Waals surface area contributed by atoms with Gasteiger partial charge in [-0.2, -0.15) is 0 Å². The molecule has 27 heavy (non-hydrogen) atoms. The summed E-state index contributed by atoms with van der Waals surface area (Å²) in [6.45, 7) is 4.06. The molecule has 1 fully saturated rings. The summed E-state index contributed by atoms with van der Waals surface area (Å²) >= 11 is 0. The van der Waals surface area contributed by atoms with Crippen LogP contribution in [0.3, 0.4) is 0 Å². The Bertz CT molecular complexity index is 790. The van der Waals surface area contributed by atoms with E-state index in [1.807, 2.05) is 31.2 Å². The van der Waals surface area contributed by atoms with Crippen molar-refractivity contribution in [2.75, 3.05) is 32.8 Å². The maximum Gasteiger partial charge on any atom is 0.260 e. The van der Waals surface area contributed by atoms with Crippen molar-refractivity contribution in [3.8, 4) is 5.75 Å². The number of rotatable bonds is 4. The molecule has 0 aromatic heterocycles. The zero-order valence-corrected chi connectivity index (χ0v) is 15.4. The van der Waals surface area contributed by atoms with Gasteiger partial charge in [-0.25, -0.2) is 4.39 Å². The molecule has 0 atom stereocenters. The minimum Gasteiger partial charge on any atom is -0.484 e. The number of ether oxygens (including phenoxy) is 1. The van der Waals surface area contributed by atoms with E-state index in [9.17, 15) is 14.0 Å². The van der Waals surface area contributed by atoms with Gasteiger partial charge in [0.15, 0.2) is 6.61 Å². The third-order valence-electron chi connectivity index (χ3n) is 4.61. The van der Waals surface area contributed by atoms with Crippen LogP contribution in [0.5, 0.6) is 5.75 Å². The highest BCUT2D eigenvalue weighted by atomic mass is 19.1. The second kappa shape index (κ2) is 8.66. The fourth-order valence-electron chi connectivity index (χ4n) is 3.02. The molecule has 3 rings (SSSR count). The van der Waals surface area contributed by atoms with Crippen molar-refractivity contribution in [3.05, 3.63) is 65.5 Å². The van der Waals surface area contributed by atoms with Crippen LogP contribution in [0.25, 0.3) is 0 Å². The maximum atomic E-state index is 12.9. The first-order valence-corrected chi connectivity index (χ1v) is 9.05. The van der Waals surface area contributed by atoms with E-state index in [4.69, 9.17) is 4.74 Å². The van der Waals surface area contributed by atoms with E-state index in [2.05, 4.69) is 0 Å². The number of amides is 2. The summed E-state index contributed by atoms with van der Waals surface area (Å²) in [7, 11) is 0. The lowest BCUT2D eigenvalue weighted by molar-refractivity contribution is -0.133. The van der Waals surface area contributed by atoms with Gasteiger partial charge in [-0.1, -0.05) is 17.7 Å². The van der Waals surface area contributed by atoms with Gasteiger partial charge in [0.2, 0.25) is 0 Å². The Balaban J connectivity index is 1.52. The number of hydrogen-bond donors (Lipinski definition) is 0. The third kappa shape index (κ3) is 5.06. The first-order chi connectivity index (χ1) is 13.0. The highest BCUT2D eigenvalue weighted by Crippen LogP contribution is 2.13. The van der Waals surface area contributed by atoms with E-state index >= 15 is 0 Å². The summed E-state index contributed by atoms with van der Waals surface area (Å²) in [4.78, 5) is 28.5. The van der Waals surface area contributed by atoms with Crippen molar-refractivity contribution >= 4 is 11.8 Å². The number of carbonyl (C=O) groups is 2. The smallest absolute Gasteiger partial charge is 0.260 e. The minimum atomic E-state index is -0.348. The fourth-order valence-corrected chi connectivity index (χ4v) is 3.02. The molecule has 0 saturated carbocycles. The highest BCUT2D eigenvalue weighted by molar-refractivity contribution is 5.94. The van der Waals surface area contributed by atoms with Crippen LogP contribution in [-0.2, 0) is 4.79 Å². The molecule has 1 heterocycles. The molecule has 0 N–H and O–H groups in total. The number of benzene rings is 2. The molecule has 142 valence electrons. The predicted molar refractivity (Wildman–Crippen MR) is 100 cm³/mol. The van der Waals surface area contributed by atoms with Gasteiger partial charge in [0.25, 0.3) is 11.8 Å². The van der Waals surface area contributed by atoms with Crippen LogP contribution in [0.1, 0.15) is 22.3 Å². The Hall–Kier alpha value is -2.89. The molecule has 1 aliphatic heterocycles. The molecule has 0 unspecified atom stereocenters. The molecule has 6 heteroatoms. The first-order valence-electron chi connectivity index (χ1n) is 9.05. The molecule has 0 radical (unpaired) electrons. The third-order valence-corrected chi connectivity index (χ3v) is 4.61. The lowest BCUT2D eigenvalue weighted by Gasteiger charge is -2.22. The van der Waals surface area contributed by atoms with Crippen molar-refractivity contribution in [2.24, 2.45) is 0 Å². The van der Waals surface area contributed by atoms with E-state index in [-0.39, 0.29) is 24.2 Å². The summed E-state index contributed by atoms with van der Waals surface area (Å²) in [5, 5.41) is 0. The predicted octanol–water partition coefficient (Wildman–Crippen LogP) is 2.89. The van der Waals surface area contributed by atoms with E-state index in [1.54, 1.807) is 9.80 Å². The highest BCUT2D eigenvalue weighted by Gasteiger charge is 2.23.